The van der Waals surface area contributed by atoms with Crippen molar-refractivity contribution in [1.29, 1.82) is 0 Å². The lowest BCUT2D eigenvalue weighted by atomic mass is 10.1. The molecule has 0 N–H and O–H groups in total. The number of ether oxygens (including phenoxy) is 1. The molecule has 0 spiro atoms. The van der Waals surface area contributed by atoms with E-state index in [0.717, 1.165) is 17.0 Å². The summed E-state index contributed by atoms with van der Waals surface area (Å²) < 4.78 is 50.1. The van der Waals surface area contributed by atoms with Gasteiger partial charge in [0.1, 0.15) is 13.9 Å². The van der Waals surface area contributed by atoms with Gasteiger partial charge in [0.05, 0.1) is 18.3 Å². The van der Waals surface area contributed by atoms with Gasteiger partial charge >= 0.3 is 5.97 Å². The Bertz CT molecular complexity index is 766. The van der Waals surface area contributed by atoms with Crippen LogP contribution in [0.25, 0.3) is 0 Å². The van der Waals surface area contributed by atoms with Crippen LogP contribution in [0.15, 0.2) is 28.9 Å². The van der Waals surface area contributed by atoms with Gasteiger partial charge < -0.3 is 9.15 Å². The molecular formula is C19H23F3O3Si. The fraction of sp³-hybridized carbons (Fsp3) is 0.421. The van der Waals surface area contributed by atoms with Gasteiger partial charge in [-0.15, -0.1) is 0 Å². The number of carbonyl (C=O) groups excluding carboxylic acids is 1. The second-order valence-corrected chi connectivity index (χ2v) is 12.2. The van der Waals surface area contributed by atoms with Gasteiger partial charge in [-0.2, -0.15) is 0 Å². The number of hydrogen-bond donors (Lipinski definition) is 0. The number of esters is 1. The van der Waals surface area contributed by atoms with Crippen LogP contribution in [0.5, 0.6) is 0 Å². The van der Waals surface area contributed by atoms with E-state index in [1.807, 2.05) is 6.07 Å². The Morgan fingerprint density at radius 3 is 2.38 bits per heavy atom. The first-order valence-electron chi connectivity index (χ1n) is 8.54. The number of aryl methyl sites for hydroxylation is 2. The normalized spacial score (nSPS) is 11.6. The third-order valence-electron chi connectivity index (χ3n) is 3.95. The minimum absolute atomic E-state index is 0.0669. The van der Waals surface area contributed by atoms with Gasteiger partial charge in [0.25, 0.3) is 0 Å². The van der Waals surface area contributed by atoms with Crippen molar-refractivity contribution in [3.8, 4) is 0 Å². The zero-order chi connectivity index (χ0) is 19.3. The van der Waals surface area contributed by atoms with Gasteiger partial charge in [-0.25, -0.2) is 13.2 Å². The third kappa shape index (κ3) is 5.76. The van der Waals surface area contributed by atoms with Crippen molar-refractivity contribution < 1.29 is 27.1 Å². The van der Waals surface area contributed by atoms with E-state index in [1.54, 1.807) is 6.26 Å². The highest BCUT2D eigenvalue weighted by Gasteiger charge is 2.21. The highest BCUT2D eigenvalue weighted by atomic mass is 28.3. The Kier molecular flexibility index (Phi) is 6.69. The van der Waals surface area contributed by atoms with E-state index < -0.39 is 25.5 Å². The average molecular weight is 384 g/mol. The maximum absolute atomic E-state index is 13.5. The molecule has 0 aliphatic heterocycles. The molecule has 2 aromatic rings. The summed E-state index contributed by atoms with van der Waals surface area (Å²) in [5.74, 6) is -3.45. The second kappa shape index (κ2) is 8.57. The molecular weight excluding hydrogens is 361 g/mol. The maximum atomic E-state index is 13.5. The molecule has 26 heavy (non-hydrogen) atoms. The Morgan fingerprint density at radius 2 is 1.73 bits per heavy atom. The number of furan rings is 1. The van der Waals surface area contributed by atoms with Crippen LogP contribution in [0.3, 0.4) is 0 Å². The minimum atomic E-state index is -1.50. The van der Waals surface area contributed by atoms with Crippen molar-refractivity contribution >= 4 is 19.4 Å². The summed E-state index contributed by atoms with van der Waals surface area (Å²) in [6, 6.07) is 3.35. The highest BCUT2D eigenvalue weighted by molar-refractivity contribution is 6.87. The van der Waals surface area contributed by atoms with Crippen LogP contribution < -0.4 is 5.38 Å². The standard InChI is InChI=1S/C19H23F3O3Si/c1-26(2,3)19-9-13(12-25-19)6-7-18(23)24-8-4-5-14-10-16(21)17(22)11-15(14)20/h9-12H,4-8H2,1-3H3. The molecule has 0 saturated heterocycles. The molecule has 0 unspecified atom stereocenters. The predicted molar refractivity (Wildman–Crippen MR) is 95.6 cm³/mol. The lowest BCUT2D eigenvalue weighted by Gasteiger charge is -2.10. The summed E-state index contributed by atoms with van der Waals surface area (Å²) in [7, 11) is -1.50. The lowest BCUT2D eigenvalue weighted by molar-refractivity contribution is -0.143. The van der Waals surface area contributed by atoms with Crippen LogP contribution in [0.4, 0.5) is 13.2 Å². The first kappa shape index (κ1) is 20.3. The molecule has 0 fully saturated rings. The minimum Gasteiger partial charge on any atom is -0.474 e. The van der Waals surface area contributed by atoms with E-state index in [-0.39, 0.29) is 31.0 Å². The Labute approximate surface area is 152 Å². The Hall–Kier alpha value is -2.02. The van der Waals surface area contributed by atoms with Gasteiger partial charge in [0, 0.05) is 12.5 Å². The number of rotatable bonds is 8. The predicted octanol–water partition coefficient (Wildman–Crippen LogP) is 4.35. The summed E-state index contributed by atoms with van der Waals surface area (Å²) in [5, 5.41) is 0.995. The van der Waals surface area contributed by atoms with Crippen molar-refractivity contribution in [3.05, 3.63) is 53.0 Å². The fourth-order valence-corrected chi connectivity index (χ4v) is 3.45. The van der Waals surface area contributed by atoms with E-state index in [2.05, 4.69) is 19.6 Å². The van der Waals surface area contributed by atoms with Crippen molar-refractivity contribution in [2.75, 3.05) is 6.61 Å². The summed E-state index contributed by atoms with van der Waals surface area (Å²) in [4.78, 5) is 11.8. The maximum Gasteiger partial charge on any atom is 0.306 e. The summed E-state index contributed by atoms with van der Waals surface area (Å²) in [6.45, 7) is 6.64. The van der Waals surface area contributed by atoms with Gasteiger partial charge in [0.2, 0.25) is 0 Å². The van der Waals surface area contributed by atoms with Gasteiger partial charge in [-0.3, -0.25) is 4.79 Å². The van der Waals surface area contributed by atoms with Crippen LogP contribution in [0.1, 0.15) is 24.0 Å². The first-order valence-corrected chi connectivity index (χ1v) is 12.0. The van der Waals surface area contributed by atoms with Crippen LogP contribution in [-0.2, 0) is 22.4 Å². The van der Waals surface area contributed by atoms with Crippen LogP contribution in [-0.4, -0.2) is 20.7 Å². The van der Waals surface area contributed by atoms with Crippen molar-refractivity contribution in [1.82, 2.24) is 0 Å². The molecule has 1 heterocycles. The molecule has 0 amide bonds. The zero-order valence-electron chi connectivity index (χ0n) is 15.2. The molecule has 3 nitrogen and oxygen atoms in total. The van der Waals surface area contributed by atoms with E-state index >= 15 is 0 Å². The van der Waals surface area contributed by atoms with Gasteiger partial charge in [-0.05, 0) is 42.5 Å². The smallest absolute Gasteiger partial charge is 0.306 e. The van der Waals surface area contributed by atoms with E-state index in [9.17, 15) is 18.0 Å². The molecule has 2 rings (SSSR count). The molecule has 0 atom stereocenters. The van der Waals surface area contributed by atoms with Crippen LogP contribution >= 0.6 is 0 Å². The van der Waals surface area contributed by atoms with E-state index in [1.165, 1.54) is 0 Å². The van der Waals surface area contributed by atoms with E-state index in [0.29, 0.717) is 18.9 Å². The van der Waals surface area contributed by atoms with E-state index in [4.69, 9.17) is 9.15 Å². The van der Waals surface area contributed by atoms with Crippen LogP contribution in [0.2, 0.25) is 19.6 Å². The molecule has 0 aliphatic carbocycles. The number of carbonyl (C=O) groups is 1. The fourth-order valence-electron chi connectivity index (χ4n) is 2.42. The highest BCUT2D eigenvalue weighted by Crippen LogP contribution is 2.15. The largest absolute Gasteiger partial charge is 0.474 e. The molecule has 1 aromatic carbocycles. The Morgan fingerprint density at radius 1 is 1.04 bits per heavy atom. The number of hydrogen-bond acceptors (Lipinski definition) is 3. The average Bonchev–Trinajstić information content (AvgIpc) is 3.03. The van der Waals surface area contributed by atoms with Crippen molar-refractivity contribution in [2.45, 2.75) is 45.3 Å². The SMILES string of the molecule is C[Si](C)(C)c1cc(CCC(=O)OCCCc2cc(F)c(F)cc2F)co1. The molecule has 0 saturated carbocycles. The lowest BCUT2D eigenvalue weighted by Crippen LogP contribution is -2.36. The third-order valence-corrected chi connectivity index (χ3v) is 5.69. The topological polar surface area (TPSA) is 39.4 Å². The number of benzene rings is 1. The summed E-state index contributed by atoms with van der Waals surface area (Å²) in [5.41, 5.74) is 1.03. The first-order chi connectivity index (χ1) is 12.2. The van der Waals surface area contributed by atoms with Crippen molar-refractivity contribution in [3.63, 3.8) is 0 Å². The molecule has 142 valence electrons. The van der Waals surface area contributed by atoms with Crippen molar-refractivity contribution in [2.24, 2.45) is 0 Å². The Balaban J connectivity index is 1.71. The number of halogens is 3. The molecule has 0 bridgehead atoms. The van der Waals surface area contributed by atoms with Crippen LogP contribution in [0, 0.1) is 17.5 Å². The summed E-state index contributed by atoms with van der Waals surface area (Å²) in [6.07, 6.45) is 2.93. The molecule has 7 heteroatoms. The zero-order valence-corrected chi connectivity index (χ0v) is 16.2. The van der Waals surface area contributed by atoms with Gasteiger partial charge in [-0.1, -0.05) is 19.6 Å². The molecule has 0 aliphatic rings. The monoisotopic (exact) mass is 384 g/mol. The second-order valence-electron chi connectivity index (χ2n) is 7.25. The molecule has 1 aromatic heterocycles. The molecule has 0 radical (unpaired) electrons. The van der Waals surface area contributed by atoms with Gasteiger partial charge in [0.15, 0.2) is 11.6 Å². The summed E-state index contributed by atoms with van der Waals surface area (Å²) >= 11 is 0. The quantitative estimate of drug-likeness (QED) is 0.294.